The summed E-state index contributed by atoms with van der Waals surface area (Å²) in [6.45, 7) is 5.51. The van der Waals surface area contributed by atoms with Gasteiger partial charge in [0.15, 0.2) is 5.96 Å². The summed E-state index contributed by atoms with van der Waals surface area (Å²) in [6.07, 6.45) is 2.42. The number of carbonyl (C=O) groups excluding carboxylic acids is 2. The van der Waals surface area contributed by atoms with E-state index in [9.17, 15) is 19.5 Å². The number of aliphatic carboxylic acids is 1. The van der Waals surface area contributed by atoms with E-state index in [0.717, 1.165) is 52.1 Å². The number of carboxylic acids is 1. The van der Waals surface area contributed by atoms with Crippen molar-refractivity contribution in [2.24, 2.45) is 5.73 Å². The van der Waals surface area contributed by atoms with E-state index in [4.69, 9.17) is 20.6 Å². The molecule has 244 valence electrons. The first-order valence-electron chi connectivity index (χ1n) is 15.6. The summed E-state index contributed by atoms with van der Waals surface area (Å²) in [4.78, 5) is 39.2. The molecule has 0 unspecified atom stereocenters. The fraction of sp³-hybridized carbons (Fsp3) is 0.371. The lowest BCUT2D eigenvalue weighted by Gasteiger charge is -2.31. The first-order valence-corrected chi connectivity index (χ1v) is 15.6. The van der Waals surface area contributed by atoms with Gasteiger partial charge < -0.3 is 35.8 Å². The first kappa shape index (κ1) is 33.8. The highest BCUT2D eigenvalue weighted by Crippen LogP contribution is 2.36. The normalized spacial score (nSPS) is 12.9. The van der Waals surface area contributed by atoms with E-state index in [0.29, 0.717) is 39.0 Å². The number of rotatable bonds is 14. The van der Waals surface area contributed by atoms with Crippen LogP contribution in [0.25, 0.3) is 11.1 Å². The third kappa shape index (κ3) is 9.23. The van der Waals surface area contributed by atoms with Gasteiger partial charge in [0.2, 0.25) is 5.91 Å². The molecule has 1 aliphatic rings. The standard InChI is InChI=1S/C35H43N5O6/c1-23-9-3-16-31(24(23)2)45-20-8-17-32(41)40-19-7-13-28-27(12-5-15-30(28)40)26-11-4-10-25(21-26)22-46-35(44)39-29(33(42)43)14-6-18-38-34(36)37/h3-5,9-12,15-16,21,29H,6-8,13-14,17-20,22H2,1-2H3,(H,39,44)(H,42,43)(H4,36,37,38)/t29-/m0/s1. The van der Waals surface area contributed by atoms with Crippen molar-refractivity contribution in [3.05, 3.63) is 82.9 Å². The summed E-state index contributed by atoms with van der Waals surface area (Å²) in [6, 6.07) is 18.5. The SMILES string of the molecule is Cc1cccc(OCCCC(=O)N2CCCc3c(-c4cccc(COC(=O)N[C@@H](CCCNC(=N)N)C(=O)O)c4)cccc32)c1C. The van der Waals surface area contributed by atoms with Crippen LogP contribution in [0.3, 0.4) is 0 Å². The second-order valence-electron chi connectivity index (χ2n) is 11.4. The number of nitrogens with zero attached hydrogens (tertiary/aromatic N) is 1. The van der Waals surface area contributed by atoms with Gasteiger partial charge in [-0.25, -0.2) is 9.59 Å². The molecule has 0 bridgehead atoms. The van der Waals surface area contributed by atoms with Crippen molar-refractivity contribution in [3.63, 3.8) is 0 Å². The molecule has 0 saturated heterocycles. The molecule has 11 nitrogen and oxygen atoms in total. The Labute approximate surface area is 269 Å². The molecule has 0 radical (unpaired) electrons. The first-order chi connectivity index (χ1) is 22.1. The van der Waals surface area contributed by atoms with Gasteiger partial charge in [-0.1, -0.05) is 42.5 Å². The third-order valence-corrected chi connectivity index (χ3v) is 8.08. The van der Waals surface area contributed by atoms with E-state index in [1.165, 1.54) is 5.56 Å². The van der Waals surface area contributed by atoms with Crippen molar-refractivity contribution in [2.75, 3.05) is 24.6 Å². The summed E-state index contributed by atoms with van der Waals surface area (Å²) in [5, 5.41) is 21.6. The Morgan fingerprint density at radius 2 is 1.85 bits per heavy atom. The van der Waals surface area contributed by atoms with Crippen molar-refractivity contribution in [1.29, 1.82) is 5.41 Å². The van der Waals surface area contributed by atoms with Crippen LogP contribution < -0.4 is 26.0 Å². The number of amides is 2. The predicted molar refractivity (Wildman–Crippen MR) is 177 cm³/mol. The molecule has 0 saturated carbocycles. The summed E-state index contributed by atoms with van der Waals surface area (Å²) in [7, 11) is 0. The maximum Gasteiger partial charge on any atom is 0.408 e. The fourth-order valence-corrected chi connectivity index (χ4v) is 5.52. The number of alkyl carbamates (subject to hydrolysis) is 1. The molecule has 3 aromatic rings. The summed E-state index contributed by atoms with van der Waals surface area (Å²) < 4.78 is 11.3. The van der Waals surface area contributed by atoms with Gasteiger partial charge in [-0.15, -0.1) is 0 Å². The highest BCUT2D eigenvalue weighted by molar-refractivity contribution is 5.96. The van der Waals surface area contributed by atoms with E-state index in [2.05, 4.69) is 23.6 Å². The average Bonchev–Trinajstić information content (AvgIpc) is 3.04. The quantitative estimate of drug-likeness (QED) is 0.0938. The van der Waals surface area contributed by atoms with Crippen LogP contribution >= 0.6 is 0 Å². The van der Waals surface area contributed by atoms with E-state index in [1.807, 2.05) is 66.4 Å². The van der Waals surface area contributed by atoms with E-state index in [-0.39, 0.29) is 24.9 Å². The van der Waals surface area contributed by atoms with Crippen LogP contribution in [0.1, 0.15) is 54.4 Å². The molecule has 0 aliphatic carbocycles. The number of aryl methyl sites for hydroxylation is 1. The number of nitrogens with one attached hydrogen (secondary N) is 3. The molecular weight excluding hydrogens is 586 g/mol. The number of carbonyl (C=O) groups is 3. The molecule has 46 heavy (non-hydrogen) atoms. The van der Waals surface area contributed by atoms with Gasteiger partial charge in [-0.05, 0) is 97.5 Å². The molecule has 0 aromatic heterocycles. The third-order valence-electron chi connectivity index (χ3n) is 8.08. The van der Waals surface area contributed by atoms with Crippen LogP contribution in [-0.2, 0) is 27.4 Å². The van der Waals surface area contributed by atoms with Crippen LogP contribution in [0.2, 0.25) is 0 Å². The van der Waals surface area contributed by atoms with Crippen LogP contribution in [0.5, 0.6) is 5.75 Å². The number of ether oxygens (including phenoxy) is 2. The lowest BCUT2D eigenvalue weighted by atomic mass is 9.91. The minimum atomic E-state index is -1.17. The highest BCUT2D eigenvalue weighted by atomic mass is 16.5. The Bertz CT molecular complexity index is 1560. The monoisotopic (exact) mass is 629 g/mol. The molecule has 0 spiro atoms. The summed E-state index contributed by atoms with van der Waals surface area (Å²) >= 11 is 0. The van der Waals surface area contributed by atoms with Crippen LogP contribution in [0, 0.1) is 19.3 Å². The van der Waals surface area contributed by atoms with E-state index in [1.54, 1.807) is 0 Å². The van der Waals surface area contributed by atoms with E-state index < -0.39 is 18.1 Å². The van der Waals surface area contributed by atoms with Gasteiger partial charge in [-0.3, -0.25) is 10.2 Å². The predicted octanol–water partition coefficient (Wildman–Crippen LogP) is 5.05. The zero-order chi connectivity index (χ0) is 33.1. The summed E-state index contributed by atoms with van der Waals surface area (Å²) in [5.41, 5.74) is 12.3. The Morgan fingerprint density at radius 1 is 1.07 bits per heavy atom. The van der Waals surface area contributed by atoms with Gasteiger partial charge >= 0.3 is 12.1 Å². The number of anilines is 1. The molecule has 1 aliphatic heterocycles. The Kier molecular flexibility index (Phi) is 12.0. The number of hydrogen-bond donors (Lipinski definition) is 5. The Hall–Kier alpha value is -5.06. The second-order valence-corrected chi connectivity index (χ2v) is 11.4. The Morgan fingerprint density at radius 3 is 2.63 bits per heavy atom. The van der Waals surface area contributed by atoms with Gasteiger partial charge in [0.25, 0.3) is 0 Å². The molecular formula is C35H43N5O6. The second kappa shape index (κ2) is 16.3. The molecule has 3 aromatic carbocycles. The maximum atomic E-state index is 13.3. The summed E-state index contributed by atoms with van der Waals surface area (Å²) in [5.74, 6) is -0.443. The van der Waals surface area contributed by atoms with Crippen LogP contribution in [-0.4, -0.2) is 54.8 Å². The minimum Gasteiger partial charge on any atom is -0.493 e. The lowest BCUT2D eigenvalue weighted by Crippen LogP contribution is -2.41. The number of fused-ring (bicyclic) bond motifs is 1. The largest absolute Gasteiger partial charge is 0.493 e. The van der Waals surface area contributed by atoms with Gasteiger partial charge in [0.05, 0.1) is 6.61 Å². The number of hydrogen-bond acceptors (Lipinski definition) is 6. The van der Waals surface area contributed by atoms with Crippen molar-refractivity contribution in [3.8, 4) is 16.9 Å². The number of carboxylic acid groups (broad SMARTS) is 1. The van der Waals surface area contributed by atoms with Crippen molar-refractivity contribution < 1.29 is 29.0 Å². The highest BCUT2D eigenvalue weighted by Gasteiger charge is 2.25. The average molecular weight is 630 g/mol. The molecule has 2 amide bonds. The smallest absolute Gasteiger partial charge is 0.408 e. The number of benzene rings is 3. The minimum absolute atomic E-state index is 0.0400. The number of nitrogens with two attached hydrogens (primary N) is 1. The van der Waals surface area contributed by atoms with Crippen molar-refractivity contribution >= 4 is 29.6 Å². The zero-order valence-corrected chi connectivity index (χ0v) is 26.4. The van der Waals surface area contributed by atoms with Crippen LogP contribution in [0.4, 0.5) is 10.5 Å². The maximum absolute atomic E-state index is 13.3. The zero-order valence-electron chi connectivity index (χ0n) is 26.4. The van der Waals surface area contributed by atoms with Gasteiger partial charge in [-0.2, -0.15) is 0 Å². The molecule has 1 heterocycles. The van der Waals surface area contributed by atoms with Crippen molar-refractivity contribution in [1.82, 2.24) is 10.6 Å². The van der Waals surface area contributed by atoms with E-state index >= 15 is 0 Å². The fourth-order valence-electron chi connectivity index (χ4n) is 5.52. The molecule has 6 N–H and O–H groups in total. The van der Waals surface area contributed by atoms with Gasteiger partial charge in [0.1, 0.15) is 18.4 Å². The molecule has 4 rings (SSSR count). The molecule has 11 heteroatoms. The van der Waals surface area contributed by atoms with Gasteiger partial charge in [0, 0.05) is 25.2 Å². The molecule has 0 fully saturated rings. The Balaban J connectivity index is 1.35. The molecule has 1 atom stereocenters. The van der Waals surface area contributed by atoms with Crippen molar-refractivity contribution in [2.45, 2.75) is 65.0 Å². The lowest BCUT2D eigenvalue weighted by molar-refractivity contribution is -0.139. The topological polar surface area (TPSA) is 167 Å². The number of guanidine groups is 1. The van der Waals surface area contributed by atoms with Crippen LogP contribution in [0.15, 0.2) is 60.7 Å².